The Bertz CT molecular complexity index is 1340. The van der Waals surface area contributed by atoms with Gasteiger partial charge in [-0.1, -0.05) is 35.0 Å². The van der Waals surface area contributed by atoms with Gasteiger partial charge in [-0.3, -0.25) is 5.01 Å². The predicted octanol–water partition coefficient (Wildman–Crippen LogP) is 3.42. The molecule has 1 aromatic carbocycles. The summed E-state index contributed by atoms with van der Waals surface area (Å²) in [5.41, 5.74) is 8.27. The van der Waals surface area contributed by atoms with Crippen LogP contribution in [-0.4, -0.2) is 46.1 Å². The van der Waals surface area contributed by atoms with Crippen molar-refractivity contribution in [2.45, 2.75) is 19.9 Å². The zero-order valence-electron chi connectivity index (χ0n) is 18.6. The lowest BCUT2D eigenvalue weighted by Gasteiger charge is -2.29. The Morgan fingerprint density at radius 3 is 2.73 bits per heavy atom. The number of aromatic nitrogens is 4. The number of nitrogens with zero attached hydrogens (tertiary/aromatic N) is 6. The van der Waals surface area contributed by atoms with Crippen molar-refractivity contribution in [3.8, 4) is 11.5 Å². The third kappa shape index (κ3) is 3.75. The van der Waals surface area contributed by atoms with Gasteiger partial charge in [0.05, 0.1) is 24.9 Å². The third-order valence-electron chi connectivity index (χ3n) is 5.96. The fourth-order valence-corrected chi connectivity index (χ4v) is 4.29. The molecule has 3 aromatic heterocycles. The van der Waals surface area contributed by atoms with Gasteiger partial charge in [0.1, 0.15) is 11.5 Å². The van der Waals surface area contributed by atoms with Gasteiger partial charge < -0.3 is 14.2 Å². The standard InChI is InChI=1S/C24H25N7O2/c1-16-4-3-5-18(12-16)19-6-7-30(26-19)22-15-24(29-8-10-32-11-9-29)31-23(25-22)14-20(27-31)21-13-17(2)28-33-21/h3-7,12-15,19,26H,8-11H2,1-2H3. The van der Waals surface area contributed by atoms with Crippen molar-refractivity contribution < 1.29 is 9.26 Å². The minimum Gasteiger partial charge on any atom is -0.378 e. The van der Waals surface area contributed by atoms with Crippen molar-refractivity contribution >= 4 is 17.3 Å². The molecule has 2 aliphatic heterocycles. The Morgan fingerprint density at radius 1 is 1.06 bits per heavy atom. The molecule has 2 aliphatic rings. The summed E-state index contributed by atoms with van der Waals surface area (Å²) in [6, 6.07) is 14.5. The summed E-state index contributed by atoms with van der Waals surface area (Å²) in [4.78, 5) is 7.18. The molecule has 168 valence electrons. The van der Waals surface area contributed by atoms with E-state index in [9.17, 15) is 0 Å². The summed E-state index contributed by atoms with van der Waals surface area (Å²) in [5, 5.41) is 10.8. The number of nitrogens with one attached hydrogen (secondary N) is 1. The number of ether oxygens (including phenoxy) is 1. The molecule has 1 atom stereocenters. The molecule has 1 saturated heterocycles. The van der Waals surface area contributed by atoms with E-state index in [-0.39, 0.29) is 6.04 Å². The molecule has 0 saturated carbocycles. The van der Waals surface area contributed by atoms with E-state index in [4.69, 9.17) is 19.3 Å². The van der Waals surface area contributed by atoms with Crippen molar-refractivity contribution in [1.82, 2.24) is 25.2 Å². The molecule has 0 aliphatic carbocycles. The molecule has 9 heteroatoms. The average molecular weight is 444 g/mol. The van der Waals surface area contributed by atoms with E-state index in [0.29, 0.717) is 24.7 Å². The number of anilines is 2. The normalized spacial score (nSPS) is 18.5. The summed E-state index contributed by atoms with van der Waals surface area (Å²) in [6.45, 7) is 6.97. The molecule has 6 rings (SSSR count). The quantitative estimate of drug-likeness (QED) is 0.514. The topological polar surface area (TPSA) is 84.0 Å². The minimum absolute atomic E-state index is 0.0902. The fraction of sp³-hybridized carbons (Fsp3) is 0.292. The lowest BCUT2D eigenvalue weighted by molar-refractivity contribution is 0.122. The average Bonchev–Trinajstić information content (AvgIpc) is 3.58. The van der Waals surface area contributed by atoms with E-state index < -0.39 is 0 Å². The highest BCUT2D eigenvalue weighted by Gasteiger charge is 2.24. The summed E-state index contributed by atoms with van der Waals surface area (Å²) in [7, 11) is 0. The van der Waals surface area contributed by atoms with Crippen LogP contribution in [0.15, 0.2) is 59.3 Å². The van der Waals surface area contributed by atoms with Crippen LogP contribution in [-0.2, 0) is 4.74 Å². The van der Waals surface area contributed by atoms with Gasteiger partial charge in [0.15, 0.2) is 17.2 Å². The first kappa shape index (κ1) is 20.0. The van der Waals surface area contributed by atoms with Crippen LogP contribution in [0.25, 0.3) is 17.1 Å². The number of morpholine rings is 1. The Hall–Kier alpha value is -3.69. The number of aryl methyl sites for hydroxylation is 2. The molecule has 1 N–H and O–H groups in total. The molecule has 0 radical (unpaired) electrons. The fourth-order valence-electron chi connectivity index (χ4n) is 4.29. The third-order valence-corrected chi connectivity index (χ3v) is 5.96. The van der Waals surface area contributed by atoms with Crippen molar-refractivity contribution in [2.75, 3.05) is 36.2 Å². The van der Waals surface area contributed by atoms with Crippen molar-refractivity contribution in [2.24, 2.45) is 0 Å². The number of hydrogen-bond donors (Lipinski definition) is 1. The van der Waals surface area contributed by atoms with Gasteiger partial charge >= 0.3 is 0 Å². The predicted molar refractivity (Wildman–Crippen MR) is 125 cm³/mol. The molecule has 1 unspecified atom stereocenters. The maximum absolute atomic E-state index is 5.57. The van der Waals surface area contributed by atoms with Crippen LogP contribution >= 0.6 is 0 Å². The van der Waals surface area contributed by atoms with Gasteiger partial charge in [-0.2, -0.15) is 9.61 Å². The summed E-state index contributed by atoms with van der Waals surface area (Å²) < 4.78 is 12.9. The van der Waals surface area contributed by atoms with Gasteiger partial charge in [0, 0.05) is 37.5 Å². The van der Waals surface area contributed by atoms with Crippen LogP contribution in [0.5, 0.6) is 0 Å². The van der Waals surface area contributed by atoms with Crippen molar-refractivity contribution in [3.63, 3.8) is 0 Å². The van der Waals surface area contributed by atoms with Gasteiger partial charge in [-0.15, -0.1) is 0 Å². The second-order valence-electron chi connectivity index (χ2n) is 8.44. The van der Waals surface area contributed by atoms with Crippen molar-refractivity contribution in [1.29, 1.82) is 0 Å². The largest absolute Gasteiger partial charge is 0.378 e. The highest BCUT2D eigenvalue weighted by atomic mass is 16.5. The highest BCUT2D eigenvalue weighted by Crippen LogP contribution is 2.30. The second-order valence-corrected chi connectivity index (χ2v) is 8.44. The van der Waals surface area contributed by atoms with E-state index in [2.05, 4.69) is 58.8 Å². The smallest absolute Gasteiger partial charge is 0.187 e. The number of benzene rings is 1. The molecular formula is C24H25N7O2. The first-order valence-corrected chi connectivity index (χ1v) is 11.1. The lowest BCUT2D eigenvalue weighted by atomic mass is 10.1. The van der Waals surface area contributed by atoms with Crippen LogP contribution in [0.2, 0.25) is 0 Å². The van der Waals surface area contributed by atoms with Crippen LogP contribution in [0, 0.1) is 13.8 Å². The molecule has 4 aromatic rings. The summed E-state index contributed by atoms with van der Waals surface area (Å²) in [6.07, 6.45) is 4.18. The molecule has 0 spiro atoms. The van der Waals surface area contributed by atoms with Crippen LogP contribution in [0.3, 0.4) is 0 Å². The van der Waals surface area contributed by atoms with Gasteiger partial charge in [-0.05, 0) is 25.5 Å². The highest BCUT2D eigenvalue weighted by molar-refractivity contribution is 5.66. The number of hydrazine groups is 1. The maximum atomic E-state index is 5.57. The molecule has 1 fully saturated rings. The van der Waals surface area contributed by atoms with E-state index in [0.717, 1.165) is 36.1 Å². The molecular weight excluding hydrogens is 418 g/mol. The van der Waals surface area contributed by atoms with E-state index in [1.807, 2.05) is 34.8 Å². The number of rotatable bonds is 4. The van der Waals surface area contributed by atoms with Crippen LogP contribution in [0.1, 0.15) is 22.9 Å². The molecule has 33 heavy (non-hydrogen) atoms. The van der Waals surface area contributed by atoms with Gasteiger partial charge in [0.25, 0.3) is 0 Å². The van der Waals surface area contributed by atoms with Crippen LogP contribution in [0.4, 0.5) is 11.6 Å². The summed E-state index contributed by atoms with van der Waals surface area (Å²) >= 11 is 0. The van der Waals surface area contributed by atoms with Crippen LogP contribution < -0.4 is 15.3 Å². The summed E-state index contributed by atoms with van der Waals surface area (Å²) in [5.74, 6) is 2.40. The molecule has 9 nitrogen and oxygen atoms in total. The monoisotopic (exact) mass is 443 g/mol. The SMILES string of the molecule is Cc1cccc(C2C=CN(c3cc(N4CCOCC4)n4nc(-c5cc(C)no5)cc4n3)N2)c1. The van der Waals surface area contributed by atoms with E-state index in [1.54, 1.807) is 0 Å². The lowest BCUT2D eigenvalue weighted by Crippen LogP contribution is -2.38. The van der Waals surface area contributed by atoms with E-state index >= 15 is 0 Å². The second kappa shape index (κ2) is 8.02. The van der Waals surface area contributed by atoms with Gasteiger partial charge in [0.2, 0.25) is 0 Å². The zero-order valence-corrected chi connectivity index (χ0v) is 18.6. The number of hydrogen-bond acceptors (Lipinski definition) is 8. The minimum atomic E-state index is 0.0902. The van der Waals surface area contributed by atoms with Crippen molar-refractivity contribution in [3.05, 3.63) is 71.6 Å². The maximum Gasteiger partial charge on any atom is 0.187 e. The Labute approximate surface area is 191 Å². The molecule has 0 amide bonds. The Balaban J connectivity index is 1.38. The zero-order chi connectivity index (χ0) is 22.4. The molecule has 5 heterocycles. The Morgan fingerprint density at radius 2 is 1.94 bits per heavy atom. The Kier molecular flexibility index (Phi) is 4.85. The van der Waals surface area contributed by atoms with Gasteiger partial charge in [-0.25, -0.2) is 10.4 Å². The molecule has 0 bridgehead atoms. The first-order chi connectivity index (χ1) is 16.1. The first-order valence-electron chi connectivity index (χ1n) is 11.1. The van der Waals surface area contributed by atoms with E-state index in [1.165, 1.54) is 11.1 Å². The number of fused-ring (bicyclic) bond motifs is 1.